The van der Waals surface area contributed by atoms with Gasteiger partial charge in [-0.15, -0.1) is 23.2 Å². The fraction of sp³-hybridized carbons (Fsp3) is 0.533. The third-order valence-electron chi connectivity index (χ3n) is 4.00. The van der Waals surface area contributed by atoms with E-state index in [1.165, 1.54) is 24.9 Å². The number of piperidine rings is 1. The van der Waals surface area contributed by atoms with E-state index in [1.807, 2.05) is 12.1 Å². The molecule has 1 saturated heterocycles. The molecule has 2 aliphatic rings. The highest BCUT2D eigenvalue weighted by atomic mass is 35.5. The first kappa shape index (κ1) is 14.0. The fourth-order valence-corrected chi connectivity index (χ4v) is 3.14. The predicted molar refractivity (Wildman–Crippen MR) is 83.7 cm³/mol. The highest BCUT2D eigenvalue weighted by Gasteiger charge is 2.56. The van der Waals surface area contributed by atoms with Gasteiger partial charge in [0.2, 0.25) is 5.91 Å². The largest absolute Gasteiger partial charge is 0.372 e. The smallest absolute Gasteiger partial charge is 0.230 e. The Morgan fingerprint density at radius 3 is 2.30 bits per heavy atom. The molecule has 3 nitrogen and oxygen atoms in total. The Hall–Kier alpha value is -0.930. The number of carbonyl (C=O) groups excluding carboxylic acids is 1. The van der Waals surface area contributed by atoms with Crippen LogP contribution in [0.2, 0.25) is 0 Å². The number of hydrogen-bond acceptors (Lipinski definition) is 2. The monoisotopic (exact) mass is 312 g/mol. The maximum absolute atomic E-state index is 11.9. The summed E-state index contributed by atoms with van der Waals surface area (Å²) >= 11 is 11.8. The second-order valence-corrected chi connectivity index (χ2v) is 7.14. The summed E-state index contributed by atoms with van der Waals surface area (Å²) in [4.78, 5) is 14.3. The molecule has 1 saturated carbocycles. The Bertz CT molecular complexity index is 495. The van der Waals surface area contributed by atoms with Crippen molar-refractivity contribution in [3.8, 4) is 0 Å². The van der Waals surface area contributed by atoms with Crippen LogP contribution in [0, 0.1) is 5.92 Å². The molecule has 1 amide bonds. The van der Waals surface area contributed by atoms with Gasteiger partial charge in [0, 0.05) is 24.5 Å². The van der Waals surface area contributed by atoms with Crippen LogP contribution in [-0.4, -0.2) is 23.3 Å². The molecule has 0 aromatic heterocycles. The molecule has 0 unspecified atom stereocenters. The number of hydrogen-bond donors (Lipinski definition) is 1. The molecule has 20 heavy (non-hydrogen) atoms. The zero-order chi connectivity index (χ0) is 14.2. The van der Waals surface area contributed by atoms with Gasteiger partial charge in [-0.3, -0.25) is 4.79 Å². The van der Waals surface area contributed by atoms with Gasteiger partial charge in [-0.2, -0.15) is 0 Å². The lowest BCUT2D eigenvalue weighted by Crippen LogP contribution is -2.29. The number of nitrogens with zero attached hydrogens (tertiary/aromatic N) is 1. The van der Waals surface area contributed by atoms with Crippen LogP contribution in [0.1, 0.15) is 25.7 Å². The number of benzene rings is 1. The normalized spacial score (nSPS) is 24.3. The van der Waals surface area contributed by atoms with Crippen molar-refractivity contribution in [2.24, 2.45) is 5.92 Å². The lowest BCUT2D eigenvalue weighted by atomic mass is 10.1. The second-order valence-electron chi connectivity index (χ2n) is 5.60. The van der Waals surface area contributed by atoms with Crippen LogP contribution < -0.4 is 10.2 Å². The molecule has 5 heteroatoms. The van der Waals surface area contributed by atoms with Crippen molar-refractivity contribution in [1.82, 2.24) is 0 Å². The number of rotatable bonds is 3. The van der Waals surface area contributed by atoms with Crippen LogP contribution in [0.25, 0.3) is 0 Å². The topological polar surface area (TPSA) is 32.3 Å². The Labute approximate surface area is 129 Å². The SMILES string of the molecule is O=C(Nc1ccc(N2CCCCC2)cc1)[C@@H]1CC1(Cl)Cl. The fourth-order valence-electron chi connectivity index (χ4n) is 2.63. The van der Waals surface area contributed by atoms with Crippen LogP contribution >= 0.6 is 23.2 Å². The molecule has 1 aliphatic carbocycles. The van der Waals surface area contributed by atoms with Gasteiger partial charge in [0.15, 0.2) is 0 Å². The van der Waals surface area contributed by atoms with Gasteiger partial charge < -0.3 is 10.2 Å². The van der Waals surface area contributed by atoms with Gasteiger partial charge in [0.05, 0.1) is 5.92 Å². The summed E-state index contributed by atoms with van der Waals surface area (Å²) in [7, 11) is 0. The second kappa shape index (κ2) is 5.45. The lowest BCUT2D eigenvalue weighted by Gasteiger charge is -2.28. The van der Waals surface area contributed by atoms with Gasteiger partial charge in [0.1, 0.15) is 4.33 Å². The number of nitrogens with one attached hydrogen (secondary N) is 1. The minimum absolute atomic E-state index is 0.0966. The molecular formula is C15H18Cl2N2O. The van der Waals surface area contributed by atoms with E-state index >= 15 is 0 Å². The molecule has 1 N–H and O–H groups in total. The van der Waals surface area contributed by atoms with E-state index in [9.17, 15) is 4.79 Å². The Balaban J connectivity index is 1.60. The minimum atomic E-state index is -0.863. The van der Waals surface area contributed by atoms with Crippen LogP contribution in [-0.2, 0) is 4.79 Å². The van der Waals surface area contributed by atoms with E-state index in [1.54, 1.807) is 0 Å². The Morgan fingerprint density at radius 2 is 1.75 bits per heavy atom. The minimum Gasteiger partial charge on any atom is -0.372 e. The van der Waals surface area contributed by atoms with Crippen molar-refractivity contribution in [1.29, 1.82) is 0 Å². The van der Waals surface area contributed by atoms with Crippen LogP contribution in [0.3, 0.4) is 0 Å². The molecular weight excluding hydrogens is 295 g/mol. The van der Waals surface area contributed by atoms with E-state index in [0.717, 1.165) is 18.8 Å². The van der Waals surface area contributed by atoms with Crippen LogP contribution in [0.15, 0.2) is 24.3 Å². The standard InChI is InChI=1S/C15H18Cl2N2O/c16-15(17)10-13(15)14(20)18-11-4-6-12(7-5-11)19-8-2-1-3-9-19/h4-7,13H,1-3,8-10H2,(H,18,20)/t13-/m0/s1. The maximum Gasteiger partial charge on any atom is 0.230 e. The average Bonchev–Trinajstić information content (AvgIpc) is 3.10. The molecule has 0 bridgehead atoms. The summed E-state index contributed by atoms with van der Waals surface area (Å²) < 4.78 is -0.863. The molecule has 3 rings (SSSR count). The molecule has 0 radical (unpaired) electrons. The molecule has 1 aromatic carbocycles. The summed E-state index contributed by atoms with van der Waals surface area (Å²) in [6, 6.07) is 7.99. The number of alkyl halides is 2. The van der Waals surface area contributed by atoms with Crippen molar-refractivity contribution in [2.75, 3.05) is 23.3 Å². The van der Waals surface area contributed by atoms with Crippen LogP contribution in [0.5, 0.6) is 0 Å². The van der Waals surface area contributed by atoms with E-state index < -0.39 is 4.33 Å². The molecule has 1 aliphatic heterocycles. The van der Waals surface area contributed by atoms with Gasteiger partial charge in [0.25, 0.3) is 0 Å². The number of amides is 1. The molecule has 2 fully saturated rings. The zero-order valence-electron chi connectivity index (χ0n) is 11.2. The maximum atomic E-state index is 11.9. The highest BCUT2D eigenvalue weighted by Crippen LogP contribution is 2.53. The summed E-state index contributed by atoms with van der Waals surface area (Å²) in [5, 5.41) is 2.86. The summed E-state index contributed by atoms with van der Waals surface area (Å²) in [5.41, 5.74) is 2.02. The van der Waals surface area contributed by atoms with Crippen LogP contribution in [0.4, 0.5) is 11.4 Å². The van der Waals surface area contributed by atoms with Crippen molar-refractivity contribution < 1.29 is 4.79 Å². The number of halogens is 2. The number of carbonyl (C=O) groups is 1. The number of anilines is 2. The quantitative estimate of drug-likeness (QED) is 0.861. The molecule has 0 spiro atoms. The Morgan fingerprint density at radius 1 is 1.15 bits per heavy atom. The average molecular weight is 313 g/mol. The lowest BCUT2D eigenvalue weighted by molar-refractivity contribution is -0.117. The first-order valence-electron chi connectivity index (χ1n) is 7.10. The molecule has 1 atom stereocenters. The van der Waals surface area contributed by atoms with Crippen molar-refractivity contribution in [2.45, 2.75) is 30.0 Å². The van der Waals surface area contributed by atoms with E-state index in [4.69, 9.17) is 23.2 Å². The molecule has 1 heterocycles. The highest BCUT2D eigenvalue weighted by molar-refractivity contribution is 6.52. The summed E-state index contributed by atoms with van der Waals surface area (Å²) in [6.07, 6.45) is 4.37. The Kier molecular flexibility index (Phi) is 3.83. The van der Waals surface area contributed by atoms with E-state index in [0.29, 0.717) is 6.42 Å². The molecule has 1 aromatic rings. The van der Waals surface area contributed by atoms with Crippen molar-refractivity contribution >= 4 is 40.5 Å². The zero-order valence-corrected chi connectivity index (χ0v) is 12.8. The van der Waals surface area contributed by atoms with Gasteiger partial charge in [-0.25, -0.2) is 0 Å². The summed E-state index contributed by atoms with van der Waals surface area (Å²) in [6.45, 7) is 2.24. The predicted octanol–water partition coefficient (Wildman–Crippen LogP) is 3.81. The molecule has 108 valence electrons. The van der Waals surface area contributed by atoms with E-state index in [2.05, 4.69) is 22.3 Å². The first-order valence-corrected chi connectivity index (χ1v) is 7.85. The van der Waals surface area contributed by atoms with Crippen molar-refractivity contribution in [3.05, 3.63) is 24.3 Å². The van der Waals surface area contributed by atoms with Gasteiger partial charge in [-0.1, -0.05) is 0 Å². The summed E-state index contributed by atoms with van der Waals surface area (Å²) in [5.74, 6) is -0.381. The van der Waals surface area contributed by atoms with Crippen molar-refractivity contribution in [3.63, 3.8) is 0 Å². The van der Waals surface area contributed by atoms with E-state index in [-0.39, 0.29) is 11.8 Å². The first-order chi connectivity index (χ1) is 9.56. The third-order valence-corrected chi connectivity index (χ3v) is 4.83. The van der Waals surface area contributed by atoms with Gasteiger partial charge >= 0.3 is 0 Å². The third kappa shape index (κ3) is 3.04. The van der Waals surface area contributed by atoms with Gasteiger partial charge in [-0.05, 0) is 49.9 Å².